The van der Waals surface area contributed by atoms with Crippen LogP contribution in [0.25, 0.3) is 0 Å². The van der Waals surface area contributed by atoms with Crippen LogP contribution in [0.3, 0.4) is 0 Å². The molecule has 1 aliphatic carbocycles. The van der Waals surface area contributed by atoms with Crippen molar-refractivity contribution >= 4 is 17.3 Å². The number of hydrogen-bond donors (Lipinski definition) is 1. The molecule has 3 heteroatoms. The van der Waals surface area contributed by atoms with Crippen LogP contribution in [0, 0.1) is 5.92 Å². The molecule has 1 aliphatic rings. The maximum Gasteiger partial charge on any atom is 0.0716 e. The molecule has 1 aromatic heterocycles. The van der Waals surface area contributed by atoms with E-state index in [1.54, 1.807) is 12.4 Å². The summed E-state index contributed by atoms with van der Waals surface area (Å²) in [4.78, 5) is 4.06. The molecule has 1 aromatic rings. The minimum absolute atomic E-state index is 0.765. The van der Waals surface area contributed by atoms with E-state index in [9.17, 15) is 0 Å². The fourth-order valence-electron chi connectivity index (χ4n) is 2.15. The van der Waals surface area contributed by atoms with Crippen molar-refractivity contribution in [2.24, 2.45) is 5.92 Å². The van der Waals surface area contributed by atoms with E-state index in [0.29, 0.717) is 0 Å². The maximum atomic E-state index is 6.04. The van der Waals surface area contributed by atoms with E-state index in [1.807, 2.05) is 6.07 Å². The summed E-state index contributed by atoms with van der Waals surface area (Å²) >= 11 is 6.04. The van der Waals surface area contributed by atoms with Crippen LogP contribution in [0.4, 0.5) is 5.69 Å². The molecule has 0 atom stereocenters. The highest BCUT2D eigenvalue weighted by atomic mass is 35.5. The molecule has 0 unspecified atom stereocenters. The van der Waals surface area contributed by atoms with Crippen molar-refractivity contribution in [3.63, 3.8) is 0 Å². The van der Waals surface area contributed by atoms with E-state index in [4.69, 9.17) is 11.6 Å². The topological polar surface area (TPSA) is 24.9 Å². The average molecular weight is 225 g/mol. The predicted molar refractivity (Wildman–Crippen MR) is 64.3 cm³/mol. The summed E-state index contributed by atoms with van der Waals surface area (Å²) < 4.78 is 0. The smallest absolute Gasteiger partial charge is 0.0716 e. The van der Waals surface area contributed by atoms with Gasteiger partial charge in [0.1, 0.15) is 0 Å². The number of halogens is 1. The minimum atomic E-state index is 0.765. The van der Waals surface area contributed by atoms with Gasteiger partial charge >= 0.3 is 0 Å². The van der Waals surface area contributed by atoms with Gasteiger partial charge in [0.05, 0.1) is 16.9 Å². The van der Waals surface area contributed by atoms with Crippen molar-refractivity contribution < 1.29 is 0 Å². The molecule has 0 radical (unpaired) electrons. The zero-order valence-electron chi connectivity index (χ0n) is 8.88. The van der Waals surface area contributed by atoms with Crippen LogP contribution in [0.5, 0.6) is 0 Å². The van der Waals surface area contributed by atoms with Crippen molar-refractivity contribution in [1.29, 1.82) is 0 Å². The molecular formula is C12H17ClN2. The molecule has 0 saturated heterocycles. The number of hydrogen-bond acceptors (Lipinski definition) is 2. The molecule has 82 valence electrons. The van der Waals surface area contributed by atoms with E-state index in [1.165, 1.54) is 32.1 Å². The molecule has 1 saturated carbocycles. The van der Waals surface area contributed by atoms with Gasteiger partial charge in [-0.15, -0.1) is 0 Å². The molecular weight excluding hydrogens is 208 g/mol. The van der Waals surface area contributed by atoms with Gasteiger partial charge in [-0.05, 0) is 24.8 Å². The van der Waals surface area contributed by atoms with Gasteiger partial charge < -0.3 is 5.32 Å². The number of aromatic nitrogens is 1. The lowest BCUT2D eigenvalue weighted by molar-refractivity contribution is 0.373. The van der Waals surface area contributed by atoms with Crippen LogP contribution < -0.4 is 5.32 Å². The minimum Gasteiger partial charge on any atom is -0.382 e. The van der Waals surface area contributed by atoms with Crippen LogP contribution in [0.15, 0.2) is 18.5 Å². The van der Waals surface area contributed by atoms with Crippen LogP contribution in [-0.2, 0) is 0 Å². The normalized spacial score (nSPS) is 17.7. The highest BCUT2D eigenvalue weighted by molar-refractivity contribution is 6.33. The molecule has 0 aliphatic heterocycles. The van der Waals surface area contributed by atoms with Gasteiger partial charge in [-0.2, -0.15) is 0 Å². The summed E-state index contributed by atoms with van der Waals surface area (Å²) in [6.45, 7) is 1.03. The Morgan fingerprint density at radius 1 is 1.33 bits per heavy atom. The second-order valence-corrected chi connectivity index (χ2v) is 4.65. The lowest BCUT2D eigenvalue weighted by Gasteiger charge is -2.22. The van der Waals surface area contributed by atoms with Crippen molar-refractivity contribution in [3.05, 3.63) is 23.5 Å². The van der Waals surface area contributed by atoms with Crippen LogP contribution in [0.2, 0.25) is 5.02 Å². The molecule has 2 nitrogen and oxygen atoms in total. The Morgan fingerprint density at radius 2 is 2.13 bits per heavy atom. The van der Waals surface area contributed by atoms with Gasteiger partial charge in [-0.25, -0.2) is 0 Å². The Labute approximate surface area is 96.1 Å². The largest absolute Gasteiger partial charge is 0.382 e. The van der Waals surface area contributed by atoms with Crippen molar-refractivity contribution in [3.8, 4) is 0 Å². The number of pyridine rings is 1. The zero-order valence-corrected chi connectivity index (χ0v) is 9.63. The van der Waals surface area contributed by atoms with Gasteiger partial charge in [-0.1, -0.05) is 30.9 Å². The molecule has 1 heterocycles. The third-order valence-corrected chi connectivity index (χ3v) is 3.40. The van der Waals surface area contributed by atoms with E-state index in [2.05, 4.69) is 10.3 Å². The fraction of sp³-hybridized carbons (Fsp3) is 0.583. The zero-order chi connectivity index (χ0) is 10.5. The third kappa shape index (κ3) is 3.10. The monoisotopic (exact) mass is 224 g/mol. The van der Waals surface area contributed by atoms with Gasteiger partial charge in [0.2, 0.25) is 0 Å². The predicted octanol–water partition coefficient (Wildman–Crippen LogP) is 3.73. The number of anilines is 1. The molecule has 1 N–H and O–H groups in total. The number of rotatable bonds is 3. The number of nitrogens with zero attached hydrogens (tertiary/aromatic N) is 1. The Bertz CT molecular complexity index is 308. The molecule has 15 heavy (non-hydrogen) atoms. The lowest BCUT2D eigenvalue weighted by atomic mass is 9.89. The van der Waals surface area contributed by atoms with Crippen molar-refractivity contribution in [2.45, 2.75) is 32.1 Å². The second kappa shape index (κ2) is 5.36. The average Bonchev–Trinajstić information content (AvgIpc) is 2.29. The maximum absolute atomic E-state index is 6.04. The van der Waals surface area contributed by atoms with Crippen molar-refractivity contribution in [1.82, 2.24) is 4.98 Å². The van der Waals surface area contributed by atoms with E-state index in [-0.39, 0.29) is 0 Å². The van der Waals surface area contributed by atoms with Gasteiger partial charge in [0.25, 0.3) is 0 Å². The molecule has 0 bridgehead atoms. The van der Waals surface area contributed by atoms with Crippen LogP contribution in [-0.4, -0.2) is 11.5 Å². The van der Waals surface area contributed by atoms with E-state index < -0.39 is 0 Å². The van der Waals surface area contributed by atoms with Gasteiger partial charge in [-0.3, -0.25) is 4.98 Å². The lowest BCUT2D eigenvalue weighted by Crippen LogP contribution is -2.17. The fourth-order valence-corrected chi connectivity index (χ4v) is 2.33. The summed E-state index contributed by atoms with van der Waals surface area (Å²) in [6.07, 6.45) is 10.4. The summed E-state index contributed by atoms with van der Waals surface area (Å²) in [5.41, 5.74) is 0.963. The SMILES string of the molecule is Clc1ccncc1NCC1CCCCC1. The highest BCUT2D eigenvalue weighted by Crippen LogP contribution is 2.25. The Hall–Kier alpha value is -0.760. The van der Waals surface area contributed by atoms with Gasteiger partial charge in [0.15, 0.2) is 0 Å². The van der Waals surface area contributed by atoms with E-state index in [0.717, 1.165) is 23.2 Å². The second-order valence-electron chi connectivity index (χ2n) is 4.24. The first kappa shape index (κ1) is 10.7. The molecule has 0 amide bonds. The standard InChI is InChI=1S/C12H17ClN2/c13-11-6-7-14-9-12(11)15-8-10-4-2-1-3-5-10/h6-7,9-10,15H,1-5,8H2. The van der Waals surface area contributed by atoms with Crippen LogP contribution in [0.1, 0.15) is 32.1 Å². The quantitative estimate of drug-likeness (QED) is 0.847. The Balaban J connectivity index is 1.84. The third-order valence-electron chi connectivity index (χ3n) is 3.07. The van der Waals surface area contributed by atoms with Gasteiger partial charge in [0, 0.05) is 12.7 Å². The van der Waals surface area contributed by atoms with E-state index >= 15 is 0 Å². The molecule has 0 aromatic carbocycles. The molecule has 1 fully saturated rings. The van der Waals surface area contributed by atoms with Crippen LogP contribution >= 0.6 is 11.6 Å². The highest BCUT2D eigenvalue weighted by Gasteiger charge is 2.13. The summed E-state index contributed by atoms with van der Waals surface area (Å²) in [7, 11) is 0. The summed E-state index contributed by atoms with van der Waals surface area (Å²) in [5, 5.41) is 4.15. The first-order chi connectivity index (χ1) is 7.36. The first-order valence-electron chi connectivity index (χ1n) is 5.69. The summed E-state index contributed by atoms with van der Waals surface area (Å²) in [6, 6.07) is 1.82. The first-order valence-corrected chi connectivity index (χ1v) is 6.07. The molecule has 0 spiro atoms. The van der Waals surface area contributed by atoms with Crippen molar-refractivity contribution in [2.75, 3.05) is 11.9 Å². The Kier molecular flexibility index (Phi) is 3.84. The Morgan fingerprint density at radius 3 is 2.87 bits per heavy atom. The number of nitrogens with one attached hydrogen (secondary N) is 1. The molecule has 2 rings (SSSR count). The summed E-state index contributed by atoms with van der Waals surface area (Å²) in [5.74, 6) is 0.815.